The lowest BCUT2D eigenvalue weighted by Crippen LogP contribution is -2.36. The number of amides is 1. The minimum Gasteiger partial charge on any atom is -0.377 e. The van der Waals surface area contributed by atoms with Crippen molar-refractivity contribution in [2.24, 2.45) is 5.73 Å². The summed E-state index contributed by atoms with van der Waals surface area (Å²) in [4.78, 5) is 11.9. The van der Waals surface area contributed by atoms with Gasteiger partial charge in [-0.05, 0) is 37.8 Å². The Balaban J connectivity index is 1.84. The van der Waals surface area contributed by atoms with E-state index >= 15 is 0 Å². The van der Waals surface area contributed by atoms with E-state index in [1.807, 2.05) is 42.6 Å². The largest absolute Gasteiger partial charge is 0.377 e. The highest BCUT2D eigenvalue weighted by Crippen LogP contribution is 2.37. The van der Waals surface area contributed by atoms with E-state index in [0.29, 0.717) is 24.0 Å². The monoisotopic (exact) mass is 352 g/mol. The highest BCUT2D eigenvalue weighted by molar-refractivity contribution is 6.02. The van der Waals surface area contributed by atoms with E-state index in [-0.39, 0.29) is 11.6 Å². The van der Waals surface area contributed by atoms with Crippen LogP contribution in [0.2, 0.25) is 0 Å². The molecular weight excluding hydrogens is 331 g/mol. The standard InChI is InChI=1S/C20H21FN4O/c1-20(21)9-5-8-17(20)24-18-15(19(22)26)11-23-25-12-14(10-16(18)25)13-6-3-2-4-7-13/h2-4,6-7,10-12,17,24H,5,8-9H2,1H3,(H2,22,26). The highest BCUT2D eigenvalue weighted by Gasteiger charge is 2.39. The second kappa shape index (κ2) is 6.12. The predicted molar refractivity (Wildman–Crippen MR) is 99.9 cm³/mol. The molecule has 2 unspecified atom stereocenters. The topological polar surface area (TPSA) is 72.4 Å². The number of carbonyl (C=O) groups excluding carboxylic acids is 1. The first-order valence-electron chi connectivity index (χ1n) is 8.78. The van der Waals surface area contributed by atoms with Gasteiger partial charge in [-0.2, -0.15) is 5.10 Å². The van der Waals surface area contributed by atoms with Crippen molar-refractivity contribution in [3.63, 3.8) is 0 Å². The van der Waals surface area contributed by atoms with Gasteiger partial charge >= 0.3 is 0 Å². The molecule has 2 heterocycles. The maximum Gasteiger partial charge on any atom is 0.252 e. The fourth-order valence-corrected chi connectivity index (χ4v) is 3.71. The molecule has 1 amide bonds. The SMILES string of the molecule is CC1(F)CCCC1Nc1c(C(N)=O)cnn2cc(-c3ccccc3)cc12. The minimum atomic E-state index is -1.32. The van der Waals surface area contributed by atoms with Gasteiger partial charge in [0.25, 0.3) is 5.91 Å². The number of nitrogens with two attached hydrogens (primary N) is 1. The molecule has 4 rings (SSSR count). The van der Waals surface area contributed by atoms with E-state index in [0.717, 1.165) is 17.5 Å². The minimum absolute atomic E-state index is 0.276. The molecule has 3 N–H and O–H groups in total. The Morgan fingerprint density at radius 2 is 2.12 bits per heavy atom. The van der Waals surface area contributed by atoms with Gasteiger partial charge in [-0.1, -0.05) is 30.3 Å². The number of fused-ring (bicyclic) bond motifs is 1. The molecule has 2 aromatic heterocycles. The molecule has 3 aromatic rings. The normalized spacial score (nSPS) is 22.6. The van der Waals surface area contributed by atoms with Gasteiger partial charge in [-0.3, -0.25) is 4.79 Å². The third kappa shape index (κ3) is 2.81. The van der Waals surface area contributed by atoms with Crippen LogP contribution in [0.4, 0.5) is 10.1 Å². The number of hydrogen-bond acceptors (Lipinski definition) is 3. The Morgan fingerprint density at radius 3 is 2.77 bits per heavy atom. The Labute approximate surface area is 151 Å². The van der Waals surface area contributed by atoms with Crippen LogP contribution in [0.15, 0.2) is 48.8 Å². The summed E-state index contributed by atoms with van der Waals surface area (Å²) < 4.78 is 16.5. The summed E-state index contributed by atoms with van der Waals surface area (Å²) in [7, 11) is 0. The number of carbonyl (C=O) groups is 1. The molecule has 0 spiro atoms. The van der Waals surface area contributed by atoms with Crippen molar-refractivity contribution in [2.45, 2.75) is 37.9 Å². The van der Waals surface area contributed by atoms with Crippen molar-refractivity contribution in [3.05, 3.63) is 54.4 Å². The van der Waals surface area contributed by atoms with Crippen LogP contribution in [0.25, 0.3) is 16.6 Å². The van der Waals surface area contributed by atoms with Crippen LogP contribution in [0, 0.1) is 0 Å². The van der Waals surface area contributed by atoms with E-state index in [1.54, 1.807) is 11.4 Å². The Bertz CT molecular complexity index is 965. The Morgan fingerprint density at radius 1 is 1.35 bits per heavy atom. The summed E-state index contributed by atoms with van der Waals surface area (Å²) in [5.41, 5.74) is 7.77. The fraction of sp³-hybridized carbons (Fsp3) is 0.300. The molecule has 1 aliphatic rings. The van der Waals surface area contributed by atoms with Gasteiger partial charge in [-0.25, -0.2) is 8.91 Å². The lowest BCUT2D eigenvalue weighted by Gasteiger charge is -2.26. The number of nitrogens with zero attached hydrogens (tertiary/aromatic N) is 2. The van der Waals surface area contributed by atoms with Crippen LogP contribution in [0.1, 0.15) is 36.5 Å². The molecule has 1 aromatic carbocycles. The average molecular weight is 352 g/mol. The molecule has 0 aliphatic heterocycles. The van der Waals surface area contributed by atoms with E-state index in [1.165, 1.54) is 6.20 Å². The summed E-state index contributed by atoms with van der Waals surface area (Å²) in [6.07, 6.45) is 5.37. The number of primary amides is 1. The zero-order chi connectivity index (χ0) is 18.3. The van der Waals surface area contributed by atoms with Crippen LogP contribution in [-0.2, 0) is 0 Å². The van der Waals surface area contributed by atoms with Crippen LogP contribution < -0.4 is 11.1 Å². The summed E-state index contributed by atoms with van der Waals surface area (Å²) in [5.74, 6) is -0.580. The first-order chi connectivity index (χ1) is 12.5. The third-order valence-electron chi connectivity index (χ3n) is 5.21. The van der Waals surface area contributed by atoms with Crippen LogP contribution in [0.3, 0.4) is 0 Å². The molecule has 5 nitrogen and oxygen atoms in total. The molecule has 1 fully saturated rings. The van der Waals surface area contributed by atoms with Crippen molar-refractivity contribution < 1.29 is 9.18 Å². The smallest absolute Gasteiger partial charge is 0.252 e. The number of rotatable bonds is 4. The van der Waals surface area contributed by atoms with Gasteiger partial charge in [-0.15, -0.1) is 0 Å². The van der Waals surface area contributed by atoms with Gasteiger partial charge in [0.2, 0.25) is 0 Å². The van der Waals surface area contributed by atoms with Gasteiger partial charge in [0.05, 0.1) is 29.0 Å². The van der Waals surface area contributed by atoms with Crippen molar-refractivity contribution in [3.8, 4) is 11.1 Å². The number of hydrogen-bond donors (Lipinski definition) is 2. The van der Waals surface area contributed by atoms with Crippen molar-refractivity contribution in [1.29, 1.82) is 0 Å². The molecule has 2 atom stereocenters. The molecular formula is C20H21FN4O. The van der Waals surface area contributed by atoms with Crippen LogP contribution in [-0.4, -0.2) is 27.2 Å². The lowest BCUT2D eigenvalue weighted by atomic mass is 10.0. The summed E-state index contributed by atoms with van der Waals surface area (Å²) in [5, 5.41) is 7.55. The maximum absolute atomic E-state index is 14.8. The molecule has 6 heteroatoms. The second-order valence-corrected chi connectivity index (χ2v) is 7.09. The quantitative estimate of drug-likeness (QED) is 0.750. The van der Waals surface area contributed by atoms with Gasteiger partial charge in [0, 0.05) is 11.8 Å². The molecule has 0 bridgehead atoms. The van der Waals surface area contributed by atoms with Gasteiger partial charge in [0.1, 0.15) is 5.67 Å². The zero-order valence-corrected chi connectivity index (χ0v) is 14.6. The molecule has 0 saturated heterocycles. The van der Waals surface area contributed by atoms with E-state index < -0.39 is 11.6 Å². The molecule has 1 saturated carbocycles. The zero-order valence-electron chi connectivity index (χ0n) is 14.6. The van der Waals surface area contributed by atoms with Crippen molar-refractivity contribution in [2.75, 3.05) is 5.32 Å². The van der Waals surface area contributed by atoms with E-state index in [9.17, 15) is 9.18 Å². The molecule has 134 valence electrons. The summed E-state index contributed by atoms with van der Waals surface area (Å²) >= 11 is 0. The van der Waals surface area contributed by atoms with E-state index in [2.05, 4.69) is 10.4 Å². The first-order valence-corrected chi connectivity index (χ1v) is 8.78. The number of halogens is 1. The predicted octanol–water partition coefficient (Wildman–Crippen LogP) is 3.79. The second-order valence-electron chi connectivity index (χ2n) is 7.09. The summed E-state index contributed by atoms with van der Waals surface area (Å²) in [6.45, 7) is 1.60. The third-order valence-corrected chi connectivity index (χ3v) is 5.21. The average Bonchev–Trinajstić information content (AvgIpc) is 3.19. The van der Waals surface area contributed by atoms with Gasteiger partial charge in [0.15, 0.2) is 0 Å². The fourth-order valence-electron chi connectivity index (χ4n) is 3.71. The summed E-state index contributed by atoms with van der Waals surface area (Å²) in [6, 6.07) is 11.5. The molecule has 0 radical (unpaired) electrons. The number of anilines is 1. The highest BCUT2D eigenvalue weighted by atomic mass is 19.1. The Kier molecular flexibility index (Phi) is 3.90. The van der Waals surface area contributed by atoms with Gasteiger partial charge < -0.3 is 11.1 Å². The number of benzene rings is 1. The van der Waals surface area contributed by atoms with Crippen molar-refractivity contribution >= 4 is 17.1 Å². The Hall–Kier alpha value is -2.89. The van der Waals surface area contributed by atoms with Crippen LogP contribution in [0.5, 0.6) is 0 Å². The number of alkyl halides is 1. The maximum atomic E-state index is 14.8. The van der Waals surface area contributed by atoms with Crippen LogP contribution >= 0.6 is 0 Å². The van der Waals surface area contributed by atoms with Crippen molar-refractivity contribution in [1.82, 2.24) is 9.61 Å². The molecule has 1 aliphatic carbocycles. The molecule has 26 heavy (non-hydrogen) atoms. The van der Waals surface area contributed by atoms with E-state index in [4.69, 9.17) is 5.73 Å². The first kappa shape index (κ1) is 16.6. The number of nitrogens with one attached hydrogen (secondary N) is 1. The lowest BCUT2D eigenvalue weighted by molar-refractivity contribution is 0.1000. The number of aromatic nitrogens is 2.